The molecule has 1 N–H and O–H groups in total. The lowest BCUT2D eigenvalue weighted by Gasteiger charge is -2.33. The maximum Gasteiger partial charge on any atom is 0.264 e. The molecule has 0 aliphatic heterocycles. The first-order valence-electron chi connectivity index (χ1n) is 13.8. The van der Waals surface area contributed by atoms with Gasteiger partial charge in [-0.15, -0.1) is 0 Å². The predicted molar refractivity (Wildman–Crippen MR) is 163 cm³/mol. The van der Waals surface area contributed by atoms with E-state index in [2.05, 4.69) is 21.2 Å². The summed E-state index contributed by atoms with van der Waals surface area (Å²) >= 11 is 3.48. The van der Waals surface area contributed by atoms with E-state index in [1.807, 2.05) is 24.3 Å². The second kappa shape index (κ2) is 14.0. The molecule has 10 heteroatoms. The largest absolute Gasteiger partial charge is 0.495 e. The van der Waals surface area contributed by atoms with Crippen LogP contribution in [0.1, 0.15) is 44.6 Å². The maximum absolute atomic E-state index is 14.1. The summed E-state index contributed by atoms with van der Waals surface area (Å²) in [6.07, 6.45) is 5.10. The Bertz CT molecular complexity index is 1440. The van der Waals surface area contributed by atoms with Gasteiger partial charge in [0.15, 0.2) is 0 Å². The highest BCUT2D eigenvalue weighted by Crippen LogP contribution is 2.32. The number of anilines is 1. The molecule has 1 aliphatic carbocycles. The van der Waals surface area contributed by atoms with Crippen LogP contribution in [0.25, 0.3) is 0 Å². The Balaban J connectivity index is 1.69. The third-order valence-electron chi connectivity index (χ3n) is 7.32. The maximum atomic E-state index is 14.1. The number of nitrogens with zero attached hydrogens (tertiary/aromatic N) is 2. The van der Waals surface area contributed by atoms with Crippen molar-refractivity contribution in [1.29, 1.82) is 0 Å². The van der Waals surface area contributed by atoms with Gasteiger partial charge in [0.05, 0.1) is 17.7 Å². The second-order valence-electron chi connectivity index (χ2n) is 10.2. The number of methoxy groups -OCH3 is 1. The molecule has 2 amide bonds. The van der Waals surface area contributed by atoms with Crippen LogP contribution >= 0.6 is 15.9 Å². The summed E-state index contributed by atoms with van der Waals surface area (Å²) in [5.74, 6) is -0.460. The zero-order valence-corrected chi connectivity index (χ0v) is 25.7. The molecule has 4 rings (SSSR count). The van der Waals surface area contributed by atoms with Crippen LogP contribution in [-0.2, 0) is 26.2 Å². The van der Waals surface area contributed by atoms with Crippen molar-refractivity contribution >= 4 is 43.5 Å². The van der Waals surface area contributed by atoms with Crippen LogP contribution in [0.2, 0.25) is 0 Å². The fourth-order valence-electron chi connectivity index (χ4n) is 5.05. The minimum Gasteiger partial charge on any atom is -0.495 e. The van der Waals surface area contributed by atoms with Crippen LogP contribution in [0.5, 0.6) is 5.75 Å². The third-order valence-corrected chi connectivity index (χ3v) is 9.59. The summed E-state index contributed by atoms with van der Waals surface area (Å²) in [4.78, 5) is 29.0. The molecule has 0 aromatic heterocycles. The van der Waals surface area contributed by atoms with Gasteiger partial charge in [0.25, 0.3) is 10.0 Å². The fraction of sp³-hybridized carbons (Fsp3) is 0.355. The third kappa shape index (κ3) is 7.68. The zero-order chi connectivity index (χ0) is 29.4. The van der Waals surface area contributed by atoms with E-state index in [-0.39, 0.29) is 29.1 Å². The van der Waals surface area contributed by atoms with Crippen molar-refractivity contribution in [3.8, 4) is 5.75 Å². The molecule has 3 aromatic rings. The van der Waals surface area contributed by atoms with Crippen LogP contribution in [0.3, 0.4) is 0 Å². The van der Waals surface area contributed by atoms with E-state index in [1.165, 1.54) is 24.1 Å². The summed E-state index contributed by atoms with van der Waals surface area (Å²) in [6, 6.07) is 21.4. The molecular weight excluding hydrogens is 606 g/mol. The van der Waals surface area contributed by atoms with E-state index in [9.17, 15) is 18.0 Å². The van der Waals surface area contributed by atoms with Gasteiger partial charge in [0, 0.05) is 17.1 Å². The number of halogens is 1. The molecular formula is C31H36BrN3O5S. The van der Waals surface area contributed by atoms with Gasteiger partial charge in [-0.25, -0.2) is 8.42 Å². The molecule has 41 heavy (non-hydrogen) atoms. The minimum absolute atomic E-state index is 0.0420. The Morgan fingerprint density at radius 1 is 0.976 bits per heavy atom. The van der Waals surface area contributed by atoms with Gasteiger partial charge in [-0.2, -0.15) is 0 Å². The molecule has 218 valence electrons. The van der Waals surface area contributed by atoms with Crippen LogP contribution < -0.4 is 14.4 Å². The Morgan fingerprint density at radius 3 is 2.34 bits per heavy atom. The van der Waals surface area contributed by atoms with Gasteiger partial charge < -0.3 is 15.0 Å². The summed E-state index contributed by atoms with van der Waals surface area (Å²) in [5, 5.41) is 3.12. The van der Waals surface area contributed by atoms with Crippen molar-refractivity contribution in [3.63, 3.8) is 0 Å². The number of hydrogen-bond acceptors (Lipinski definition) is 5. The highest BCUT2D eigenvalue weighted by atomic mass is 79.9. The van der Waals surface area contributed by atoms with Gasteiger partial charge in [-0.1, -0.05) is 77.7 Å². The number of rotatable bonds is 11. The van der Waals surface area contributed by atoms with Gasteiger partial charge in [-0.05, 0) is 61.7 Å². The van der Waals surface area contributed by atoms with Crippen LogP contribution in [0.15, 0.2) is 88.2 Å². The van der Waals surface area contributed by atoms with E-state index >= 15 is 0 Å². The monoisotopic (exact) mass is 641 g/mol. The average Bonchev–Trinajstić information content (AvgIpc) is 2.99. The molecule has 0 bridgehead atoms. The highest BCUT2D eigenvalue weighted by Gasteiger charge is 2.34. The summed E-state index contributed by atoms with van der Waals surface area (Å²) < 4.78 is 35.3. The standard InChI is InChI=1S/C31H36BrN3O5S/c1-23(31(37)33-26-14-5-3-6-15-26)34(21-24-12-11-13-25(32)20-24)30(36)22-35(28-18-9-10-19-29(28)40-2)41(38,39)27-16-7-4-8-17-27/h4,7-13,16-20,23,26H,3,5-6,14-15,21-22H2,1-2H3,(H,33,37)/t23-/m1/s1. The lowest BCUT2D eigenvalue weighted by atomic mass is 9.95. The molecule has 0 spiro atoms. The normalized spacial score (nSPS) is 14.6. The van der Waals surface area contributed by atoms with Gasteiger partial charge in [0.2, 0.25) is 11.8 Å². The molecule has 0 saturated heterocycles. The fourth-order valence-corrected chi connectivity index (χ4v) is 6.94. The zero-order valence-electron chi connectivity index (χ0n) is 23.3. The molecule has 1 aliphatic rings. The highest BCUT2D eigenvalue weighted by molar-refractivity contribution is 9.10. The van der Waals surface area contributed by atoms with Gasteiger partial charge >= 0.3 is 0 Å². The Hall–Kier alpha value is -3.37. The van der Waals surface area contributed by atoms with E-state index in [0.717, 1.165) is 46.4 Å². The van der Waals surface area contributed by atoms with E-state index in [0.29, 0.717) is 5.75 Å². The predicted octanol–water partition coefficient (Wildman–Crippen LogP) is 5.52. The van der Waals surface area contributed by atoms with Crippen LogP contribution in [0, 0.1) is 0 Å². The summed E-state index contributed by atoms with van der Waals surface area (Å²) in [5.41, 5.74) is 1.04. The SMILES string of the molecule is COc1ccccc1N(CC(=O)N(Cc1cccc(Br)c1)[C@H](C)C(=O)NC1CCCCC1)S(=O)(=O)c1ccccc1. The minimum atomic E-state index is -4.17. The molecule has 0 heterocycles. The van der Waals surface area contributed by atoms with Crippen molar-refractivity contribution in [2.45, 2.75) is 62.6 Å². The average molecular weight is 643 g/mol. The summed E-state index contributed by atoms with van der Waals surface area (Å²) in [6.45, 7) is 1.29. The Labute approximate surface area is 250 Å². The second-order valence-corrected chi connectivity index (χ2v) is 12.9. The number of carbonyl (C=O) groups is 2. The smallest absolute Gasteiger partial charge is 0.264 e. The molecule has 3 aromatic carbocycles. The van der Waals surface area contributed by atoms with Crippen LogP contribution in [0.4, 0.5) is 5.69 Å². The first-order valence-corrected chi connectivity index (χ1v) is 16.0. The van der Waals surface area contributed by atoms with Crippen molar-refractivity contribution in [1.82, 2.24) is 10.2 Å². The lowest BCUT2D eigenvalue weighted by Crippen LogP contribution is -2.53. The Morgan fingerprint density at radius 2 is 1.66 bits per heavy atom. The van der Waals surface area contributed by atoms with E-state index in [4.69, 9.17) is 4.74 Å². The number of hydrogen-bond donors (Lipinski definition) is 1. The molecule has 1 fully saturated rings. The van der Waals surface area contributed by atoms with Crippen molar-refractivity contribution < 1.29 is 22.7 Å². The molecule has 0 radical (unpaired) electrons. The number of benzene rings is 3. The summed E-state index contributed by atoms with van der Waals surface area (Å²) in [7, 11) is -2.72. The molecule has 8 nitrogen and oxygen atoms in total. The van der Waals surface area contributed by atoms with Crippen molar-refractivity contribution in [3.05, 3.63) is 88.9 Å². The van der Waals surface area contributed by atoms with Crippen LogP contribution in [-0.4, -0.2) is 50.9 Å². The van der Waals surface area contributed by atoms with Gasteiger partial charge in [0.1, 0.15) is 18.3 Å². The number of carbonyl (C=O) groups excluding carboxylic acids is 2. The molecule has 0 unspecified atom stereocenters. The Kier molecular flexibility index (Phi) is 10.4. The lowest BCUT2D eigenvalue weighted by molar-refractivity contribution is -0.139. The topological polar surface area (TPSA) is 96.0 Å². The number of ether oxygens (including phenoxy) is 1. The molecule has 1 atom stereocenters. The van der Waals surface area contributed by atoms with Gasteiger partial charge in [-0.3, -0.25) is 13.9 Å². The number of amides is 2. The number of sulfonamides is 1. The van der Waals surface area contributed by atoms with E-state index < -0.39 is 28.5 Å². The van der Waals surface area contributed by atoms with E-state index in [1.54, 1.807) is 49.4 Å². The first kappa shape index (κ1) is 30.6. The number of para-hydroxylation sites is 2. The first-order chi connectivity index (χ1) is 19.7. The van der Waals surface area contributed by atoms with Crippen molar-refractivity contribution in [2.75, 3.05) is 18.0 Å². The molecule has 1 saturated carbocycles. The van der Waals surface area contributed by atoms with Crippen molar-refractivity contribution in [2.24, 2.45) is 0 Å². The quantitative estimate of drug-likeness (QED) is 0.297. The number of nitrogens with one attached hydrogen (secondary N) is 1.